The summed E-state index contributed by atoms with van der Waals surface area (Å²) >= 11 is 6.72. The van der Waals surface area contributed by atoms with Crippen LogP contribution in [0.15, 0.2) is 35.1 Å². The highest BCUT2D eigenvalue weighted by atomic mass is 35.5. The van der Waals surface area contributed by atoms with Crippen molar-refractivity contribution in [2.75, 3.05) is 31.1 Å². The first-order valence-electron chi connectivity index (χ1n) is 11.1. The van der Waals surface area contributed by atoms with Gasteiger partial charge < -0.3 is 4.90 Å². The third kappa shape index (κ3) is 4.53. The second kappa shape index (κ2) is 8.93. The Kier molecular flexibility index (Phi) is 6.16. The van der Waals surface area contributed by atoms with Crippen molar-refractivity contribution < 1.29 is 22.5 Å². The van der Waals surface area contributed by atoms with Gasteiger partial charge in [-0.05, 0) is 30.4 Å². The fourth-order valence-electron chi connectivity index (χ4n) is 4.99. The van der Waals surface area contributed by atoms with E-state index in [9.17, 15) is 32.5 Å². The normalized spacial score (nSPS) is 18.0. The number of hydrogen-bond donors (Lipinski definition) is 0. The van der Waals surface area contributed by atoms with Gasteiger partial charge in [-0.3, -0.25) is 19.8 Å². The molecular formula is C23H19ClF4N4O3S. The molecule has 0 atom stereocenters. The van der Waals surface area contributed by atoms with E-state index in [0.717, 1.165) is 37.3 Å². The first-order valence-corrected chi connectivity index (χ1v) is 12.3. The number of likely N-dealkylation sites (tertiary alicyclic amines) is 1. The van der Waals surface area contributed by atoms with Crippen molar-refractivity contribution >= 4 is 43.8 Å². The Hall–Kier alpha value is -2.83. The molecule has 3 heterocycles. The highest BCUT2D eigenvalue weighted by Gasteiger charge is 2.45. The van der Waals surface area contributed by atoms with Crippen molar-refractivity contribution in [3.8, 4) is 0 Å². The van der Waals surface area contributed by atoms with Gasteiger partial charge in [0.2, 0.25) is 0 Å². The number of alkyl halides is 3. The molecular weight excluding hydrogens is 524 g/mol. The largest absolute Gasteiger partial charge is 0.416 e. The Morgan fingerprint density at radius 3 is 2.53 bits per heavy atom. The molecule has 2 saturated heterocycles. The molecule has 36 heavy (non-hydrogen) atoms. The van der Waals surface area contributed by atoms with Crippen molar-refractivity contribution in [2.45, 2.75) is 25.6 Å². The van der Waals surface area contributed by atoms with Crippen molar-refractivity contribution in [3.63, 3.8) is 0 Å². The number of anilines is 1. The average Bonchev–Trinajstić information content (AvgIpc) is 2.80. The lowest BCUT2D eigenvalue weighted by molar-refractivity contribution is -0.383. The SMILES string of the molecule is O=c1nc(N2CCC3(CC2)CN(Cc2cccc(Cl)c2F)C3)sc2c([N+](=O)[O-])cc(C(F)(F)F)cc12. The van der Waals surface area contributed by atoms with Crippen molar-refractivity contribution in [1.82, 2.24) is 9.88 Å². The molecule has 5 rings (SSSR count). The van der Waals surface area contributed by atoms with Crippen molar-refractivity contribution in [1.29, 1.82) is 0 Å². The second-order valence-corrected chi connectivity index (χ2v) is 10.7. The predicted octanol–water partition coefficient (Wildman–Crippen LogP) is 5.48. The highest BCUT2D eigenvalue weighted by Crippen LogP contribution is 2.43. The minimum Gasteiger partial charge on any atom is -0.348 e. The number of rotatable bonds is 4. The number of aromatic nitrogens is 1. The van der Waals surface area contributed by atoms with Crippen LogP contribution in [-0.2, 0) is 12.7 Å². The number of nitro groups is 1. The molecule has 7 nitrogen and oxygen atoms in total. The van der Waals surface area contributed by atoms with Crippen LogP contribution in [0.5, 0.6) is 0 Å². The standard InChI is InChI=1S/C23H19ClF4N4O3S/c24-16-3-1-2-13(18(16)25)10-30-11-22(12-30)4-6-31(7-5-22)21-29-20(33)15-8-14(23(26,27)28)9-17(32(34)35)19(15)36-21/h1-3,8-9H,4-7,10-12H2. The van der Waals surface area contributed by atoms with E-state index < -0.39 is 39.1 Å². The van der Waals surface area contributed by atoms with Crippen LogP contribution in [0.4, 0.5) is 28.4 Å². The number of nitro benzene ring substituents is 1. The third-order valence-electron chi connectivity index (χ3n) is 6.85. The molecule has 0 saturated carbocycles. The Bertz CT molecular complexity index is 1410. The molecule has 2 aliphatic heterocycles. The number of piperidine rings is 1. The molecule has 2 aliphatic rings. The van der Waals surface area contributed by atoms with Gasteiger partial charge in [-0.2, -0.15) is 18.2 Å². The number of fused-ring (bicyclic) bond motifs is 1. The summed E-state index contributed by atoms with van der Waals surface area (Å²) in [5.41, 5.74) is -2.36. The monoisotopic (exact) mass is 542 g/mol. The van der Waals surface area contributed by atoms with Crippen LogP contribution < -0.4 is 10.5 Å². The smallest absolute Gasteiger partial charge is 0.348 e. The van der Waals surface area contributed by atoms with Crippen LogP contribution in [0.3, 0.4) is 0 Å². The Morgan fingerprint density at radius 2 is 1.89 bits per heavy atom. The first kappa shape index (κ1) is 24.8. The zero-order valence-electron chi connectivity index (χ0n) is 18.6. The maximum absolute atomic E-state index is 14.2. The summed E-state index contributed by atoms with van der Waals surface area (Å²) in [6.45, 7) is 3.10. The minimum atomic E-state index is -4.83. The molecule has 1 aromatic heterocycles. The van der Waals surface area contributed by atoms with Crippen LogP contribution in [0, 0.1) is 21.3 Å². The molecule has 0 unspecified atom stereocenters. The van der Waals surface area contributed by atoms with E-state index in [-0.39, 0.29) is 20.3 Å². The predicted molar refractivity (Wildman–Crippen MR) is 128 cm³/mol. The molecule has 0 bridgehead atoms. The number of nitrogens with zero attached hydrogens (tertiary/aromatic N) is 4. The Balaban J connectivity index is 1.32. The fourth-order valence-corrected chi connectivity index (χ4v) is 6.30. The molecule has 0 aliphatic carbocycles. The molecule has 2 aromatic carbocycles. The van der Waals surface area contributed by atoms with Gasteiger partial charge in [-0.1, -0.05) is 35.1 Å². The van der Waals surface area contributed by atoms with Gasteiger partial charge in [-0.25, -0.2) is 4.39 Å². The van der Waals surface area contributed by atoms with Crippen LogP contribution in [0.2, 0.25) is 5.02 Å². The summed E-state index contributed by atoms with van der Waals surface area (Å²) in [5.74, 6) is -0.413. The molecule has 1 spiro atoms. The summed E-state index contributed by atoms with van der Waals surface area (Å²) in [5, 5.41) is 11.4. The first-order chi connectivity index (χ1) is 17.0. The highest BCUT2D eigenvalue weighted by molar-refractivity contribution is 7.22. The topological polar surface area (TPSA) is 79.6 Å². The lowest BCUT2D eigenvalue weighted by Gasteiger charge is -2.54. The summed E-state index contributed by atoms with van der Waals surface area (Å²) in [4.78, 5) is 31.1. The van der Waals surface area contributed by atoms with Gasteiger partial charge in [0.15, 0.2) is 5.13 Å². The van der Waals surface area contributed by atoms with Crippen LogP contribution >= 0.6 is 22.9 Å². The van der Waals surface area contributed by atoms with Crippen LogP contribution in [0.25, 0.3) is 10.1 Å². The third-order valence-corrected chi connectivity index (χ3v) is 8.31. The summed E-state index contributed by atoms with van der Waals surface area (Å²) in [6.07, 6.45) is -3.28. The van der Waals surface area contributed by atoms with Gasteiger partial charge in [-0.15, -0.1) is 0 Å². The van der Waals surface area contributed by atoms with Gasteiger partial charge in [0.25, 0.3) is 11.2 Å². The van der Waals surface area contributed by atoms with Gasteiger partial charge >= 0.3 is 6.18 Å². The summed E-state index contributed by atoms with van der Waals surface area (Å²) in [6, 6.07) is 6.00. The zero-order valence-corrected chi connectivity index (χ0v) is 20.2. The maximum Gasteiger partial charge on any atom is 0.416 e. The van der Waals surface area contributed by atoms with Gasteiger partial charge in [0.05, 0.1) is 20.9 Å². The lowest BCUT2D eigenvalue weighted by Crippen LogP contribution is -2.59. The second-order valence-electron chi connectivity index (χ2n) is 9.27. The maximum atomic E-state index is 14.2. The summed E-state index contributed by atoms with van der Waals surface area (Å²) in [7, 11) is 0. The zero-order chi connectivity index (χ0) is 25.8. The van der Waals surface area contributed by atoms with Crippen molar-refractivity contribution in [2.24, 2.45) is 5.41 Å². The molecule has 0 radical (unpaired) electrons. The Morgan fingerprint density at radius 1 is 1.19 bits per heavy atom. The Labute approximate surface area is 211 Å². The fraction of sp³-hybridized carbons (Fsp3) is 0.391. The van der Waals surface area contributed by atoms with E-state index in [1.807, 2.05) is 4.90 Å². The molecule has 13 heteroatoms. The van der Waals surface area contributed by atoms with E-state index in [1.54, 1.807) is 12.1 Å². The van der Waals surface area contributed by atoms with Gasteiger partial charge in [0, 0.05) is 44.4 Å². The number of hydrogen-bond acceptors (Lipinski definition) is 7. The van der Waals surface area contributed by atoms with Gasteiger partial charge in [0.1, 0.15) is 10.5 Å². The molecule has 2 fully saturated rings. The summed E-state index contributed by atoms with van der Waals surface area (Å²) < 4.78 is 53.6. The van der Waals surface area contributed by atoms with E-state index in [1.165, 1.54) is 6.07 Å². The molecule has 0 amide bonds. The van der Waals surface area contributed by atoms with E-state index >= 15 is 0 Å². The molecule has 190 valence electrons. The van der Waals surface area contributed by atoms with E-state index in [2.05, 4.69) is 9.88 Å². The molecule has 3 aromatic rings. The van der Waals surface area contributed by atoms with Crippen LogP contribution in [0.1, 0.15) is 24.0 Å². The average molecular weight is 543 g/mol. The van der Waals surface area contributed by atoms with Crippen LogP contribution in [-0.4, -0.2) is 41.0 Å². The number of non-ortho nitro benzene ring substituents is 1. The number of halogens is 5. The van der Waals surface area contributed by atoms with Crippen molar-refractivity contribution in [3.05, 3.63) is 72.8 Å². The number of benzene rings is 2. The minimum absolute atomic E-state index is 0.0426. The van der Waals surface area contributed by atoms with E-state index in [4.69, 9.17) is 11.6 Å². The molecule has 0 N–H and O–H groups in total. The lowest BCUT2D eigenvalue weighted by atomic mass is 9.72. The quantitative estimate of drug-likeness (QED) is 0.247. The van der Waals surface area contributed by atoms with E-state index in [0.29, 0.717) is 37.3 Å².